The number of hydrazine groups is 1. The lowest BCUT2D eigenvalue weighted by Crippen LogP contribution is -2.28. The van der Waals surface area contributed by atoms with Crippen molar-refractivity contribution in [1.29, 1.82) is 0 Å². The van der Waals surface area contributed by atoms with E-state index < -0.39 is 11.3 Å². The minimum absolute atomic E-state index is 0.393. The fourth-order valence-corrected chi connectivity index (χ4v) is 2.79. The summed E-state index contributed by atoms with van der Waals surface area (Å²) in [5, 5.41) is 11.4. The molecule has 1 aliphatic rings. The van der Waals surface area contributed by atoms with E-state index in [-0.39, 0.29) is 0 Å². The zero-order chi connectivity index (χ0) is 17.9. The van der Waals surface area contributed by atoms with Gasteiger partial charge in [0.25, 0.3) is 5.56 Å². The topological polar surface area (TPSA) is 94.1 Å². The molecule has 130 valence electrons. The molecule has 0 saturated heterocycles. The Bertz CT molecular complexity index is 1010. The molecule has 0 aliphatic carbocycles. The Hall–Kier alpha value is -3.45. The van der Waals surface area contributed by atoms with Gasteiger partial charge in [-0.3, -0.25) is 9.78 Å². The Kier molecular flexibility index (Phi) is 4.20. The molecule has 7 nitrogen and oxygen atoms in total. The van der Waals surface area contributed by atoms with Gasteiger partial charge in [0.15, 0.2) is 5.75 Å². The molecule has 0 saturated carbocycles. The fourth-order valence-electron chi connectivity index (χ4n) is 2.79. The molecule has 2 aromatic heterocycles. The average Bonchev–Trinajstić information content (AvgIpc) is 3.13. The quantitative estimate of drug-likeness (QED) is 0.667. The van der Waals surface area contributed by atoms with Gasteiger partial charge in [0.1, 0.15) is 5.82 Å². The monoisotopic (exact) mass is 347 g/mol. The van der Waals surface area contributed by atoms with E-state index in [0.717, 1.165) is 29.6 Å². The van der Waals surface area contributed by atoms with Crippen LogP contribution < -0.4 is 11.0 Å². The predicted octanol–water partition coefficient (Wildman–Crippen LogP) is 1.90. The lowest BCUT2D eigenvalue weighted by molar-refractivity contribution is 0.299. The molecule has 3 N–H and O–H groups in total. The number of hydrogen-bond donors (Lipinski definition) is 3. The zero-order valence-corrected chi connectivity index (χ0v) is 13.9. The maximum absolute atomic E-state index is 11.6. The Morgan fingerprint density at radius 3 is 2.81 bits per heavy atom. The number of pyridine rings is 1. The van der Waals surface area contributed by atoms with Gasteiger partial charge in [-0.05, 0) is 17.7 Å². The molecule has 0 atom stereocenters. The summed E-state index contributed by atoms with van der Waals surface area (Å²) >= 11 is 0. The van der Waals surface area contributed by atoms with Crippen molar-refractivity contribution in [3.05, 3.63) is 82.7 Å². The first-order chi connectivity index (χ1) is 12.7. The zero-order valence-electron chi connectivity index (χ0n) is 13.9. The fraction of sp³-hybridized carbons (Fsp3) is 0.105. The summed E-state index contributed by atoms with van der Waals surface area (Å²) < 4.78 is 0. The van der Waals surface area contributed by atoms with Crippen LogP contribution in [0.2, 0.25) is 0 Å². The predicted molar refractivity (Wildman–Crippen MR) is 97.7 cm³/mol. The maximum Gasteiger partial charge on any atom is 0.293 e. The minimum atomic E-state index is -0.566. The summed E-state index contributed by atoms with van der Waals surface area (Å²) in [6, 6.07) is 13.8. The molecule has 4 rings (SSSR count). The first kappa shape index (κ1) is 16.0. The van der Waals surface area contributed by atoms with Gasteiger partial charge in [0, 0.05) is 30.1 Å². The lowest BCUT2D eigenvalue weighted by Gasteiger charge is -2.15. The standard InChI is InChI=1S/C19H17N5O2/c25-17-10-21-18(23-19(17)26)14-6-7-20-16(8-14)15-9-22-24(12-15)11-13-4-2-1-3-5-13/h1-8,10,12,22,25H,9,11H2,(H,21,23,26). The summed E-state index contributed by atoms with van der Waals surface area (Å²) in [4.78, 5) is 22.6. The molecule has 0 unspecified atom stereocenters. The van der Waals surface area contributed by atoms with E-state index in [1.165, 1.54) is 5.56 Å². The number of H-pyrrole nitrogens is 1. The molecule has 0 spiro atoms. The first-order valence-electron chi connectivity index (χ1n) is 8.19. The molecule has 0 bridgehead atoms. The molecular weight excluding hydrogens is 330 g/mol. The van der Waals surface area contributed by atoms with Crippen LogP contribution in [0.5, 0.6) is 5.75 Å². The van der Waals surface area contributed by atoms with Crippen LogP contribution in [0.1, 0.15) is 11.3 Å². The molecule has 3 heterocycles. The van der Waals surface area contributed by atoms with Gasteiger partial charge in [0.2, 0.25) is 0 Å². The van der Waals surface area contributed by atoms with Crippen molar-refractivity contribution in [2.75, 3.05) is 6.54 Å². The number of nitrogens with one attached hydrogen (secondary N) is 2. The highest BCUT2D eigenvalue weighted by Gasteiger charge is 2.15. The number of aromatic nitrogens is 3. The molecule has 0 fully saturated rings. The molecule has 1 aliphatic heterocycles. The highest BCUT2D eigenvalue weighted by atomic mass is 16.3. The summed E-state index contributed by atoms with van der Waals surface area (Å²) in [6.07, 6.45) is 4.86. The van der Waals surface area contributed by atoms with Crippen LogP contribution in [-0.4, -0.2) is 31.6 Å². The Balaban J connectivity index is 1.57. The van der Waals surface area contributed by atoms with Gasteiger partial charge in [0.05, 0.1) is 18.4 Å². The largest absolute Gasteiger partial charge is 0.502 e. The van der Waals surface area contributed by atoms with E-state index in [1.54, 1.807) is 12.3 Å². The van der Waals surface area contributed by atoms with Crippen molar-refractivity contribution in [3.63, 3.8) is 0 Å². The highest BCUT2D eigenvalue weighted by Crippen LogP contribution is 2.22. The lowest BCUT2D eigenvalue weighted by atomic mass is 10.1. The second-order valence-corrected chi connectivity index (χ2v) is 5.98. The van der Waals surface area contributed by atoms with Gasteiger partial charge < -0.3 is 15.1 Å². The Morgan fingerprint density at radius 1 is 1.15 bits per heavy atom. The third kappa shape index (κ3) is 3.33. The summed E-state index contributed by atoms with van der Waals surface area (Å²) in [5.74, 6) is -0.00793. The van der Waals surface area contributed by atoms with E-state index >= 15 is 0 Å². The molecule has 7 heteroatoms. The molecule has 0 amide bonds. The van der Waals surface area contributed by atoms with Gasteiger partial charge in [-0.15, -0.1) is 0 Å². The number of hydrogen-bond acceptors (Lipinski definition) is 6. The van der Waals surface area contributed by atoms with Crippen LogP contribution >= 0.6 is 0 Å². The van der Waals surface area contributed by atoms with Crippen LogP contribution in [0, 0.1) is 0 Å². The van der Waals surface area contributed by atoms with Crippen molar-refractivity contribution in [3.8, 4) is 17.1 Å². The van der Waals surface area contributed by atoms with E-state index in [1.807, 2.05) is 35.5 Å². The van der Waals surface area contributed by atoms with Gasteiger partial charge in [-0.1, -0.05) is 30.3 Å². The maximum atomic E-state index is 11.6. The van der Waals surface area contributed by atoms with Crippen molar-refractivity contribution < 1.29 is 5.11 Å². The summed E-state index contributed by atoms with van der Waals surface area (Å²) in [6.45, 7) is 1.43. The molecule has 1 aromatic carbocycles. The summed E-state index contributed by atoms with van der Waals surface area (Å²) in [7, 11) is 0. The second-order valence-electron chi connectivity index (χ2n) is 5.98. The molecule has 26 heavy (non-hydrogen) atoms. The van der Waals surface area contributed by atoms with Crippen molar-refractivity contribution in [2.45, 2.75) is 6.54 Å². The number of benzene rings is 1. The number of aromatic hydroxyl groups is 1. The summed E-state index contributed by atoms with van der Waals surface area (Å²) in [5.41, 5.74) is 6.55. The van der Waals surface area contributed by atoms with Crippen LogP contribution in [-0.2, 0) is 6.54 Å². The van der Waals surface area contributed by atoms with Crippen molar-refractivity contribution in [1.82, 2.24) is 25.4 Å². The van der Waals surface area contributed by atoms with E-state index in [4.69, 9.17) is 0 Å². The van der Waals surface area contributed by atoms with Crippen molar-refractivity contribution >= 4 is 5.57 Å². The van der Waals surface area contributed by atoms with E-state index in [0.29, 0.717) is 12.4 Å². The van der Waals surface area contributed by atoms with Gasteiger partial charge in [-0.2, -0.15) is 0 Å². The Labute approximate surface area is 149 Å². The molecular formula is C19H17N5O2. The first-order valence-corrected chi connectivity index (χ1v) is 8.19. The highest BCUT2D eigenvalue weighted by molar-refractivity contribution is 5.69. The smallest absolute Gasteiger partial charge is 0.293 e. The van der Waals surface area contributed by atoms with E-state index in [9.17, 15) is 9.90 Å². The van der Waals surface area contributed by atoms with Crippen LogP contribution in [0.25, 0.3) is 17.0 Å². The molecule has 0 radical (unpaired) electrons. The SMILES string of the molecule is O=c1[nH]c(-c2ccnc(C3=CN(Cc4ccccc4)NC3)c2)ncc1O. The minimum Gasteiger partial charge on any atom is -0.502 e. The average molecular weight is 347 g/mol. The number of aromatic amines is 1. The van der Waals surface area contributed by atoms with Crippen LogP contribution in [0.4, 0.5) is 0 Å². The molecule has 3 aromatic rings. The van der Waals surface area contributed by atoms with Gasteiger partial charge in [-0.25, -0.2) is 10.4 Å². The normalized spacial score (nSPS) is 13.7. The van der Waals surface area contributed by atoms with E-state index in [2.05, 4.69) is 32.5 Å². The van der Waals surface area contributed by atoms with Gasteiger partial charge >= 0.3 is 0 Å². The number of rotatable bonds is 4. The van der Waals surface area contributed by atoms with Crippen LogP contribution in [0.3, 0.4) is 0 Å². The second kappa shape index (κ2) is 6.81. The number of nitrogens with zero attached hydrogens (tertiary/aromatic N) is 3. The third-order valence-electron chi connectivity index (χ3n) is 4.12. The Morgan fingerprint density at radius 2 is 2.00 bits per heavy atom. The van der Waals surface area contributed by atoms with Crippen LogP contribution in [0.15, 0.2) is 65.9 Å². The van der Waals surface area contributed by atoms with Crippen molar-refractivity contribution in [2.24, 2.45) is 0 Å². The third-order valence-corrected chi connectivity index (χ3v) is 4.12.